The first kappa shape index (κ1) is 11.4. The second kappa shape index (κ2) is 5.28. The average Bonchev–Trinajstić information content (AvgIpc) is 2.23. The Balaban J connectivity index is 2.79. The SMILES string of the molecule is COC(=O)CC#Cc1cc(O)ccc1Cl. The molecule has 0 saturated carbocycles. The number of phenols is 1. The summed E-state index contributed by atoms with van der Waals surface area (Å²) in [7, 11) is 1.30. The molecule has 0 bridgehead atoms. The molecule has 0 unspecified atom stereocenters. The summed E-state index contributed by atoms with van der Waals surface area (Å²) < 4.78 is 4.42. The first-order chi connectivity index (χ1) is 7.13. The van der Waals surface area contributed by atoms with Crippen molar-refractivity contribution in [2.45, 2.75) is 6.42 Å². The molecule has 3 nitrogen and oxygen atoms in total. The van der Waals surface area contributed by atoms with Crippen LogP contribution in [0.15, 0.2) is 18.2 Å². The summed E-state index contributed by atoms with van der Waals surface area (Å²) in [5.41, 5.74) is 0.487. The lowest BCUT2D eigenvalue weighted by Crippen LogP contribution is -1.97. The van der Waals surface area contributed by atoms with Crippen molar-refractivity contribution in [1.82, 2.24) is 0 Å². The lowest BCUT2D eigenvalue weighted by molar-refractivity contribution is -0.139. The number of phenolic OH excluding ortho intramolecular Hbond substituents is 1. The van der Waals surface area contributed by atoms with Gasteiger partial charge in [-0.25, -0.2) is 0 Å². The maximum Gasteiger partial charge on any atom is 0.317 e. The molecule has 0 saturated heterocycles. The fourth-order valence-corrected chi connectivity index (χ4v) is 1.06. The first-order valence-corrected chi connectivity index (χ1v) is 4.55. The van der Waals surface area contributed by atoms with E-state index in [4.69, 9.17) is 11.6 Å². The summed E-state index contributed by atoms with van der Waals surface area (Å²) in [5.74, 6) is 4.96. The molecule has 0 radical (unpaired) electrons. The molecule has 1 aromatic rings. The zero-order valence-electron chi connectivity index (χ0n) is 8.08. The smallest absolute Gasteiger partial charge is 0.317 e. The van der Waals surface area contributed by atoms with E-state index in [0.717, 1.165) is 0 Å². The average molecular weight is 225 g/mol. The molecule has 4 heteroatoms. The van der Waals surface area contributed by atoms with Crippen LogP contribution in [-0.4, -0.2) is 18.2 Å². The van der Waals surface area contributed by atoms with E-state index < -0.39 is 5.97 Å². The van der Waals surface area contributed by atoms with Crippen molar-refractivity contribution < 1.29 is 14.6 Å². The third-order valence-electron chi connectivity index (χ3n) is 1.63. The molecule has 78 valence electrons. The second-order valence-electron chi connectivity index (χ2n) is 2.72. The van der Waals surface area contributed by atoms with Crippen LogP contribution in [0.3, 0.4) is 0 Å². The van der Waals surface area contributed by atoms with Gasteiger partial charge in [0.25, 0.3) is 0 Å². The largest absolute Gasteiger partial charge is 0.508 e. The highest BCUT2D eigenvalue weighted by Crippen LogP contribution is 2.19. The maximum absolute atomic E-state index is 10.7. The van der Waals surface area contributed by atoms with Gasteiger partial charge in [0.05, 0.1) is 12.1 Å². The van der Waals surface area contributed by atoms with Crippen LogP contribution in [0.1, 0.15) is 12.0 Å². The van der Waals surface area contributed by atoms with Gasteiger partial charge in [0, 0.05) is 5.56 Å². The molecule has 1 aromatic carbocycles. The van der Waals surface area contributed by atoms with E-state index in [0.29, 0.717) is 10.6 Å². The zero-order valence-corrected chi connectivity index (χ0v) is 8.84. The molecule has 0 amide bonds. The van der Waals surface area contributed by atoms with Crippen LogP contribution >= 0.6 is 11.6 Å². The van der Waals surface area contributed by atoms with Crippen LogP contribution in [0.5, 0.6) is 5.75 Å². The maximum atomic E-state index is 10.7. The molecule has 1 N–H and O–H groups in total. The lowest BCUT2D eigenvalue weighted by atomic mass is 10.2. The second-order valence-corrected chi connectivity index (χ2v) is 3.13. The molecule has 0 aliphatic carbocycles. The number of carbonyl (C=O) groups excluding carboxylic acids is 1. The number of hydrogen-bond donors (Lipinski definition) is 1. The van der Waals surface area contributed by atoms with Crippen LogP contribution in [-0.2, 0) is 9.53 Å². The number of aromatic hydroxyl groups is 1. The molecule has 0 atom stereocenters. The zero-order chi connectivity index (χ0) is 11.3. The summed E-state index contributed by atoms with van der Waals surface area (Å²) in [6, 6.07) is 4.44. The van der Waals surface area contributed by atoms with Gasteiger partial charge in [-0.15, -0.1) is 0 Å². The quantitative estimate of drug-likeness (QED) is 0.586. The molecular formula is C11H9ClO3. The van der Waals surface area contributed by atoms with Gasteiger partial charge < -0.3 is 9.84 Å². The molecule has 1 rings (SSSR count). The molecule has 0 heterocycles. The summed E-state index contributed by atoms with van der Waals surface area (Å²) in [6.07, 6.45) is 0.00247. The minimum absolute atomic E-state index is 0.00247. The Kier molecular flexibility index (Phi) is 4.02. The fourth-order valence-electron chi connectivity index (χ4n) is 0.893. The number of methoxy groups -OCH3 is 1. The Morgan fingerprint density at radius 2 is 2.33 bits per heavy atom. The van der Waals surface area contributed by atoms with Crippen LogP contribution < -0.4 is 0 Å². The standard InChI is InChI=1S/C11H9ClO3/c1-15-11(14)4-2-3-8-7-9(13)5-6-10(8)12/h5-7,13H,4H2,1H3. The molecular weight excluding hydrogens is 216 g/mol. The highest BCUT2D eigenvalue weighted by Gasteiger charge is 1.98. The lowest BCUT2D eigenvalue weighted by Gasteiger charge is -1.96. The molecule has 0 aromatic heterocycles. The van der Waals surface area contributed by atoms with E-state index in [-0.39, 0.29) is 12.2 Å². The van der Waals surface area contributed by atoms with E-state index in [2.05, 4.69) is 16.6 Å². The van der Waals surface area contributed by atoms with E-state index in [1.807, 2.05) is 0 Å². The number of ether oxygens (including phenoxy) is 1. The van der Waals surface area contributed by atoms with Crippen LogP contribution in [0.25, 0.3) is 0 Å². The van der Waals surface area contributed by atoms with Crippen LogP contribution in [0, 0.1) is 11.8 Å². The van der Waals surface area contributed by atoms with Gasteiger partial charge in [-0.05, 0) is 18.2 Å². The summed E-state index contributed by atoms with van der Waals surface area (Å²) in [4.78, 5) is 10.7. The summed E-state index contributed by atoms with van der Waals surface area (Å²) in [5, 5.41) is 9.61. The van der Waals surface area contributed by atoms with Gasteiger partial charge in [0.1, 0.15) is 12.2 Å². The number of carbonyl (C=O) groups is 1. The monoisotopic (exact) mass is 224 g/mol. The first-order valence-electron chi connectivity index (χ1n) is 4.17. The highest BCUT2D eigenvalue weighted by atomic mass is 35.5. The molecule has 0 fully saturated rings. The third kappa shape index (κ3) is 3.53. The number of rotatable bonds is 1. The Bertz CT molecular complexity index is 429. The van der Waals surface area contributed by atoms with E-state index in [9.17, 15) is 9.90 Å². The Hall–Kier alpha value is -1.66. The normalized spacial score (nSPS) is 8.93. The Labute approximate surface area is 92.6 Å². The van der Waals surface area contributed by atoms with Crippen molar-refractivity contribution in [3.05, 3.63) is 28.8 Å². The van der Waals surface area contributed by atoms with Gasteiger partial charge in [0.2, 0.25) is 0 Å². The molecule has 15 heavy (non-hydrogen) atoms. The summed E-state index contributed by atoms with van der Waals surface area (Å²) >= 11 is 5.82. The number of esters is 1. The molecule has 0 aliphatic heterocycles. The Morgan fingerprint density at radius 3 is 3.00 bits per heavy atom. The van der Waals surface area contributed by atoms with Crippen molar-refractivity contribution in [2.75, 3.05) is 7.11 Å². The van der Waals surface area contributed by atoms with E-state index in [1.54, 1.807) is 6.07 Å². The third-order valence-corrected chi connectivity index (χ3v) is 1.96. The van der Waals surface area contributed by atoms with Gasteiger partial charge in [-0.3, -0.25) is 4.79 Å². The molecule has 0 spiro atoms. The van der Waals surface area contributed by atoms with Crippen molar-refractivity contribution in [3.63, 3.8) is 0 Å². The van der Waals surface area contributed by atoms with Gasteiger partial charge in [-0.2, -0.15) is 0 Å². The topological polar surface area (TPSA) is 46.5 Å². The van der Waals surface area contributed by atoms with Crippen LogP contribution in [0.2, 0.25) is 5.02 Å². The van der Waals surface area contributed by atoms with Crippen LogP contribution in [0.4, 0.5) is 0 Å². The molecule has 0 aliphatic rings. The number of halogens is 1. The van der Waals surface area contributed by atoms with Crippen molar-refractivity contribution in [2.24, 2.45) is 0 Å². The van der Waals surface area contributed by atoms with E-state index in [1.165, 1.54) is 19.2 Å². The Morgan fingerprint density at radius 1 is 1.60 bits per heavy atom. The van der Waals surface area contributed by atoms with Gasteiger partial charge in [-0.1, -0.05) is 23.4 Å². The van der Waals surface area contributed by atoms with E-state index >= 15 is 0 Å². The predicted molar refractivity (Wildman–Crippen MR) is 56.6 cm³/mol. The van der Waals surface area contributed by atoms with Gasteiger partial charge >= 0.3 is 5.97 Å². The number of benzene rings is 1. The van der Waals surface area contributed by atoms with Crippen molar-refractivity contribution >= 4 is 17.6 Å². The summed E-state index contributed by atoms with van der Waals surface area (Å²) in [6.45, 7) is 0. The van der Waals surface area contributed by atoms with Crippen molar-refractivity contribution in [3.8, 4) is 17.6 Å². The minimum atomic E-state index is -0.404. The number of hydrogen-bond acceptors (Lipinski definition) is 3. The minimum Gasteiger partial charge on any atom is -0.508 e. The fraction of sp³-hybridized carbons (Fsp3) is 0.182. The van der Waals surface area contributed by atoms with Crippen molar-refractivity contribution in [1.29, 1.82) is 0 Å². The van der Waals surface area contributed by atoms with Gasteiger partial charge in [0.15, 0.2) is 0 Å². The predicted octanol–water partition coefficient (Wildman–Crippen LogP) is 1.96. The highest BCUT2D eigenvalue weighted by molar-refractivity contribution is 6.31.